The Balaban J connectivity index is 1.75. The van der Waals surface area contributed by atoms with E-state index in [1.54, 1.807) is 0 Å². The maximum absolute atomic E-state index is 13.7. The Morgan fingerprint density at radius 2 is 0.667 bits per heavy atom. The molecule has 1 aliphatic carbocycles. The van der Waals surface area contributed by atoms with E-state index in [-0.39, 0.29) is 11.9 Å². The zero-order valence-electron chi connectivity index (χ0n) is 36.1. The van der Waals surface area contributed by atoms with Crippen molar-refractivity contribution < 1.29 is 33.2 Å². The van der Waals surface area contributed by atoms with E-state index in [0.29, 0.717) is 44.5 Å². The summed E-state index contributed by atoms with van der Waals surface area (Å²) in [4.78, 5) is 13.7. The van der Waals surface area contributed by atoms with Crippen molar-refractivity contribution in [3.63, 3.8) is 0 Å². The van der Waals surface area contributed by atoms with E-state index in [0.717, 1.165) is 177 Å². The molecule has 4 aromatic carbocycles. The summed E-state index contributed by atoms with van der Waals surface area (Å²) in [5.41, 5.74) is 0. The van der Waals surface area contributed by atoms with Crippen molar-refractivity contribution in [3.05, 3.63) is 36.4 Å². The Kier molecular flexibility index (Phi) is 18.7. The molecule has 0 atom stereocenters. The predicted octanol–water partition coefficient (Wildman–Crippen LogP) is 14.5. The van der Waals surface area contributed by atoms with E-state index in [4.69, 9.17) is 28.4 Å². The minimum Gasteiger partial charge on any atom is -0.490 e. The van der Waals surface area contributed by atoms with Crippen LogP contribution in [0.4, 0.5) is 0 Å². The molecule has 0 bridgehead atoms. The van der Waals surface area contributed by atoms with Gasteiger partial charge in [0.15, 0.2) is 34.5 Å². The summed E-state index contributed by atoms with van der Waals surface area (Å²) < 4.78 is 39.0. The van der Waals surface area contributed by atoms with Gasteiger partial charge in [0.05, 0.1) is 39.0 Å². The van der Waals surface area contributed by atoms with Crippen LogP contribution in [0.3, 0.4) is 0 Å². The van der Waals surface area contributed by atoms with Crippen LogP contribution in [0.15, 0.2) is 36.4 Å². The summed E-state index contributed by atoms with van der Waals surface area (Å²) >= 11 is 0. The topological polar surface area (TPSA) is 72.5 Å². The summed E-state index contributed by atoms with van der Waals surface area (Å²) in [6, 6.07) is 12.7. The smallest absolute Gasteiger partial charge is 0.314 e. The van der Waals surface area contributed by atoms with Gasteiger partial charge in [-0.1, -0.05) is 118 Å². The first kappa shape index (κ1) is 44.2. The Labute approximate surface area is 343 Å². The molecule has 1 fully saturated rings. The summed E-state index contributed by atoms with van der Waals surface area (Å²) in [6.45, 7) is 14.1. The lowest BCUT2D eigenvalue weighted by atomic mass is 9.89. The third-order valence-corrected chi connectivity index (χ3v) is 11.3. The van der Waals surface area contributed by atoms with Gasteiger partial charge in [0.2, 0.25) is 0 Å². The van der Waals surface area contributed by atoms with Crippen LogP contribution >= 0.6 is 0 Å². The van der Waals surface area contributed by atoms with Gasteiger partial charge in [-0.2, -0.15) is 0 Å². The van der Waals surface area contributed by atoms with E-state index >= 15 is 0 Å². The van der Waals surface area contributed by atoms with E-state index < -0.39 is 0 Å². The highest BCUT2D eigenvalue weighted by Crippen LogP contribution is 2.47. The standard InChI is InChI=1S/C50H72O7/c1-6-11-19-26-52-44-31-38-39-32-45(53-27-20-12-7-2)47(55-29-22-14-9-4)34-41(39)43-36-49(57-50(51)37-24-17-16-18-25-37)48(56-30-23-15-10-5)35-42(43)40(38)33-46(44)54-28-21-13-8-3/h31-37H,6-30H2,1-5H3. The monoisotopic (exact) mass is 785 g/mol. The molecule has 0 aliphatic heterocycles. The van der Waals surface area contributed by atoms with Crippen LogP contribution in [0.5, 0.6) is 34.5 Å². The second-order valence-corrected chi connectivity index (χ2v) is 16.1. The van der Waals surface area contributed by atoms with Crippen molar-refractivity contribution >= 4 is 38.3 Å². The van der Waals surface area contributed by atoms with Gasteiger partial charge in [0, 0.05) is 0 Å². The van der Waals surface area contributed by atoms with Crippen molar-refractivity contribution in [2.45, 2.75) is 163 Å². The highest BCUT2D eigenvalue weighted by Gasteiger charge is 2.26. The maximum atomic E-state index is 13.7. The quantitative estimate of drug-likeness (QED) is 0.0258. The van der Waals surface area contributed by atoms with E-state index in [2.05, 4.69) is 65.0 Å². The molecule has 314 valence electrons. The SMILES string of the molecule is CCCCCOc1cc2c3cc(OCCCCC)c(OCCCCC)cc3c3cc(OC(=O)C4CCCCC4)c(OCCCCC)cc3c2cc1OCCCCC. The van der Waals surface area contributed by atoms with Crippen LogP contribution in [0, 0.1) is 5.92 Å². The van der Waals surface area contributed by atoms with Crippen molar-refractivity contribution in [2.24, 2.45) is 5.92 Å². The number of benzene rings is 4. The Hall–Kier alpha value is -3.87. The first-order valence-electron chi connectivity index (χ1n) is 22.9. The molecule has 1 saturated carbocycles. The lowest BCUT2D eigenvalue weighted by Gasteiger charge is -2.22. The van der Waals surface area contributed by atoms with Crippen LogP contribution in [0.1, 0.15) is 163 Å². The molecule has 0 aromatic heterocycles. The largest absolute Gasteiger partial charge is 0.490 e. The molecule has 0 unspecified atom stereocenters. The van der Waals surface area contributed by atoms with Crippen molar-refractivity contribution in [3.8, 4) is 34.5 Å². The molecule has 7 heteroatoms. The molecule has 1 aliphatic rings. The van der Waals surface area contributed by atoms with Crippen LogP contribution in [0.2, 0.25) is 0 Å². The molecule has 4 aromatic rings. The van der Waals surface area contributed by atoms with Crippen LogP contribution in [-0.4, -0.2) is 39.0 Å². The zero-order valence-corrected chi connectivity index (χ0v) is 36.1. The first-order valence-corrected chi connectivity index (χ1v) is 22.9. The number of ether oxygens (including phenoxy) is 6. The number of carbonyl (C=O) groups excluding carboxylic acids is 1. The Morgan fingerprint density at radius 1 is 0.404 bits per heavy atom. The number of hydrogen-bond acceptors (Lipinski definition) is 7. The van der Waals surface area contributed by atoms with E-state index in [1.807, 2.05) is 6.07 Å². The van der Waals surface area contributed by atoms with Crippen LogP contribution in [0.25, 0.3) is 32.3 Å². The summed E-state index contributed by atoms with van der Waals surface area (Å²) in [6.07, 6.45) is 21.0. The van der Waals surface area contributed by atoms with Crippen molar-refractivity contribution in [2.75, 3.05) is 33.0 Å². The first-order chi connectivity index (χ1) is 28.0. The lowest BCUT2D eigenvalue weighted by Crippen LogP contribution is -2.23. The third kappa shape index (κ3) is 12.6. The molecule has 5 rings (SSSR count). The average molecular weight is 785 g/mol. The predicted molar refractivity (Wildman–Crippen MR) is 236 cm³/mol. The Bertz CT molecular complexity index is 1780. The normalized spacial score (nSPS) is 13.4. The fourth-order valence-corrected chi connectivity index (χ4v) is 7.86. The third-order valence-electron chi connectivity index (χ3n) is 11.3. The highest BCUT2D eigenvalue weighted by atomic mass is 16.6. The molecule has 0 N–H and O–H groups in total. The number of esters is 1. The van der Waals surface area contributed by atoms with Gasteiger partial charge in [-0.25, -0.2) is 0 Å². The van der Waals surface area contributed by atoms with Gasteiger partial charge in [-0.05, 0) is 114 Å². The number of fused-ring (bicyclic) bond motifs is 6. The van der Waals surface area contributed by atoms with Crippen molar-refractivity contribution in [1.29, 1.82) is 0 Å². The molecule has 0 spiro atoms. The van der Waals surface area contributed by atoms with E-state index in [9.17, 15) is 4.79 Å². The summed E-state index contributed by atoms with van der Waals surface area (Å²) in [5, 5.41) is 6.08. The second-order valence-electron chi connectivity index (χ2n) is 16.1. The minimum atomic E-state index is -0.159. The van der Waals surface area contributed by atoms with Gasteiger partial charge >= 0.3 is 5.97 Å². The van der Waals surface area contributed by atoms with Gasteiger partial charge in [-0.3, -0.25) is 4.79 Å². The maximum Gasteiger partial charge on any atom is 0.314 e. The minimum absolute atomic E-state index is 0.0885. The van der Waals surface area contributed by atoms with Gasteiger partial charge in [0.1, 0.15) is 0 Å². The molecule has 7 nitrogen and oxygen atoms in total. The van der Waals surface area contributed by atoms with Gasteiger partial charge < -0.3 is 28.4 Å². The molecule has 0 amide bonds. The van der Waals surface area contributed by atoms with Crippen molar-refractivity contribution in [1.82, 2.24) is 0 Å². The Morgan fingerprint density at radius 3 is 0.947 bits per heavy atom. The number of carbonyl (C=O) groups is 1. The molecule has 0 heterocycles. The van der Waals surface area contributed by atoms with Gasteiger partial charge in [0.25, 0.3) is 0 Å². The molecule has 0 saturated heterocycles. The fraction of sp³-hybridized carbons (Fsp3) is 0.620. The highest BCUT2D eigenvalue weighted by molar-refractivity contribution is 6.27. The van der Waals surface area contributed by atoms with Crippen LogP contribution < -0.4 is 28.4 Å². The number of hydrogen-bond donors (Lipinski definition) is 0. The van der Waals surface area contributed by atoms with Gasteiger partial charge in [-0.15, -0.1) is 0 Å². The van der Waals surface area contributed by atoms with E-state index in [1.165, 1.54) is 6.42 Å². The number of unbranched alkanes of at least 4 members (excludes halogenated alkanes) is 10. The molecular weight excluding hydrogens is 713 g/mol. The fourth-order valence-electron chi connectivity index (χ4n) is 7.86. The lowest BCUT2D eigenvalue weighted by molar-refractivity contribution is -0.140. The second kappa shape index (κ2) is 24.1. The molecular formula is C50H72O7. The molecule has 57 heavy (non-hydrogen) atoms. The average Bonchev–Trinajstić information content (AvgIpc) is 3.23. The summed E-state index contributed by atoms with van der Waals surface area (Å²) in [7, 11) is 0. The van der Waals surface area contributed by atoms with Crippen LogP contribution in [-0.2, 0) is 4.79 Å². The number of rotatable bonds is 27. The zero-order chi connectivity index (χ0) is 40.2. The summed E-state index contributed by atoms with van der Waals surface area (Å²) in [5.74, 6) is 3.83. The molecule has 0 radical (unpaired) electrons.